The lowest BCUT2D eigenvalue weighted by Crippen LogP contribution is -2.22. The molecule has 0 saturated carbocycles. The van der Waals surface area contributed by atoms with Gasteiger partial charge in [-0.05, 0) is 30.3 Å². The second-order valence-corrected chi connectivity index (χ2v) is 6.54. The van der Waals surface area contributed by atoms with Gasteiger partial charge in [0.1, 0.15) is 11.9 Å². The quantitative estimate of drug-likeness (QED) is 0.846. The summed E-state index contributed by atoms with van der Waals surface area (Å²) in [5.74, 6) is 0.537. The van der Waals surface area contributed by atoms with Gasteiger partial charge in [-0.15, -0.1) is 0 Å². The third-order valence-electron chi connectivity index (χ3n) is 3.62. The zero-order chi connectivity index (χ0) is 18.0. The number of fused-ring (bicyclic) bond motifs is 1. The van der Waals surface area contributed by atoms with Gasteiger partial charge in [0, 0.05) is 21.8 Å². The van der Waals surface area contributed by atoms with Crippen molar-refractivity contribution in [3.63, 3.8) is 0 Å². The molecule has 0 radical (unpaired) electrons. The van der Waals surface area contributed by atoms with Crippen molar-refractivity contribution in [2.24, 2.45) is 5.73 Å². The van der Waals surface area contributed by atoms with Crippen LogP contribution < -0.4 is 10.5 Å². The Morgan fingerprint density at radius 3 is 2.68 bits per heavy atom. The molecule has 8 heteroatoms. The minimum absolute atomic E-state index is 0.364. The first-order chi connectivity index (χ1) is 11.8. The normalized spacial score (nSPS) is 16.7. The first-order valence-electron chi connectivity index (χ1n) is 7.41. The van der Waals surface area contributed by atoms with Gasteiger partial charge in [-0.3, -0.25) is 0 Å². The number of amides is 1. The summed E-state index contributed by atoms with van der Waals surface area (Å²) in [5, 5.41) is 0. The predicted molar refractivity (Wildman–Crippen MR) is 85.5 cm³/mol. The first-order valence-corrected chi connectivity index (χ1v) is 8.22. The SMILES string of the molecule is NC(=O)OC1CCOc2cc(Sc3cccc(C(F)(F)F)c3)ccc21. The van der Waals surface area contributed by atoms with Crippen molar-refractivity contribution in [2.45, 2.75) is 28.5 Å². The van der Waals surface area contributed by atoms with E-state index in [-0.39, 0.29) is 0 Å². The number of benzene rings is 2. The maximum Gasteiger partial charge on any atom is 0.416 e. The minimum atomic E-state index is -4.38. The molecule has 1 amide bonds. The Morgan fingerprint density at radius 2 is 1.96 bits per heavy atom. The molecule has 2 aromatic rings. The van der Waals surface area contributed by atoms with Gasteiger partial charge in [-0.2, -0.15) is 13.2 Å². The zero-order valence-corrected chi connectivity index (χ0v) is 13.7. The fourth-order valence-electron chi connectivity index (χ4n) is 2.54. The summed E-state index contributed by atoms with van der Waals surface area (Å²) >= 11 is 1.19. The highest BCUT2D eigenvalue weighted by Crippen LogP contribution is 2.39. The van der Waals surface area contributed by atoms with E-state index in [0.717, 1.165) is 17.0 Å². The van der Waals surface area contributed by atoms with Crippen LogP contribution in [0, 0.1) is 0 Å². The number of alkyl halides is 3. The van der Waals surface area contributed by atoms with Crippen molar-refractivity contribution in [3.8, 4) is 5.75 Å². The largest absolute Gasteiger partial charge is 0.493 e. The zero-order valence-electron chi connectivity index (χ0n) is 12.9. The van der Waals surface area contributed by atoms with Gasteiger partial charge >= 0.3 is 12.3 Å². The molecule has 0 spiro atoms. The molecule has 0 bridgehead atoms. The number of nitrogens with two attached hydrogens (primary N) is 1. The van der Waals surface area contributed by atoms with Crippen LogP contribution >= 0.6 is 11.8 Å². The van der Waals surface area contributed by atoms with E-state index in [1.807, 2.05) is 0 Å². The molecule has 4 nitrogen and oxygen atoms in total. The molecule has 1 aliphatic heterocycles. The molecule has 3 rings (SSSR count). The molecule has 25 heavy (non-hydrogen) atoms. The molecule has 1 heterocycles. The standard InChI is InChI=1S/C17H14F3NO3S/c18-17(19,20)10-2-1-3-11(8-10)25-12-4-5-13-14(24-16(21)22)6-7-23-15(13)9-12/h1-5,8-9,14H,6-7H2,(H2,21,22). The maximum atomic E-state index is 12.8. The molecule has 2 aromatic carbocycles. The summed E-state index contributed by atoms with van der Waals surface area (Å²) in [4.78, 5) is 12.1. The monoisotopic (exact) mass is 369 g/mol. The third kappa shape index (κ3) is 4.19. The van der Waals surface area contributed by atoms with Crippen molar-refractivity contribution < 1.29 is 27.4 Å². The van der Waals surface area contributed by atoms with Crippen LogP contribution in [0.4, 0.5) is 18.0 Å². The van der Waals surface area contributed by atoms with E-state index in [9.17, 15) is 18.0 Å². The first kappa shape index (κ1) is 17.5. The average molecular weight is 369 g/mol. The predicted octanol–water partition coefficient (Wildman–Crippen LogP) is 4.78. The molecule has 0 aromatic heterocycles. The highest BCUT2D eigenvalue weighted by atomic mass is 32.2. The summed E-state index contributed by atoms with van der Waals surface area (Å²) in [5.41, 5.74) is 5.06. The van der Waals surface area contributed by atoms with Crippen LogP contribution in [-0.4, -0.2) is 12.7 Å². The number of hydrogen-bond donors (Lipinski definition) is 1. The number of rotatable bonds is 3. The van der Waals surface area contributed by atoms with E-state index in [4.69, 9.17) is 15.2 Å². The summed E-state index contributed by atoms with van der Waals surface area (Å²) in [6.45, 7) is 0.364. The van der Waals surface area contributed by atoms with Crippen LogP contribution in [0.15, 0.2) is 52.3 Å². The van der Waals surface area contributed by atoms with E-state index in [2.05, 4.69) is 0 Å². The van der Waals surface area contributed by atoms with Crippen LogP contribution in [0.1, 0.15) is 23.7 Å². The van der Waals surface area contributed by atoms with Crippen LogP contribution in [0.3, 0.4) is 0 Å². The van der Waals surface area contributed by atoms with E-state index in [1.54, 1.807) is 24.3 Å². The molecule has 1 atom stereocenters. The lowest BCUT2D eigenvalue weighted by atomic mass is 10.0. The number of primary amides is 1. The Balaban J connectivity index is 1.82. The van der Waals surface area contributed by atoms with Crippen molar-refractivity contribution in [1.29, 1.82) is 0 Å². The number of carbonyl (C=O) groups excluding carboxylic acids is 1. The van der Waals surface area contributed by atoms with E-state index in [1.165, 1.54) is 17.8 Å². The van der Waals surface area contributed by atoms with Gasteiger partial charge < -0.3 is 15.2 Å². The maximum absolute atomic E-state index is 12.8. The van der Waals surface area contributed by atoms with Gasteiger partial charge in [0.15, 0.2) is 0 Å². The molecule has 1 unspecified atom stereocenters. The summed E-state index contributed by atoms with van der Waals surface area (Å²) in [6.07, 6.45) is -5.22. The third-order valence-corrected chi connectivity index (χ3v) is 4.60. The van der Waals surface area contributed by atoms with Gasteiger partial charge in [0.2, 0.25) is 0 Å². The number of hydrogen-bond acceptors (Lipinski definition) is 4. The molecule has 132 valence electrons. The van der Waals surface area contributed by atoms with Crippen molar-refractivity contribution in [2.75, 3.05) is 6.61 Å². The molecular weight excluding hydrogens is 355 g/mol. The minimum Gasteiger partial charge on any atom is -0.493 e. The van der Waals surface area contributed by atoms with Gasteiger partial charge in [0.05, 0.1) is 12.2 Å². The Kier molecular flexibility index (Phi) is 4.80. The van der Waals surface area contributed by atoms with Crippen molar-refractivity contribution in [3.05, 3.63) is 53.6 Å². The number of carbonyl (C=O) groups is 1. The Hall–Kier alpha value is -2.35. The fraction of sp³-hybridized carbons (Fsp3) is 0.235. The van der Waals surface area contributed by atoms with E-state index < -0.39 is 23.9 Å². The summed E-state index contributed by atoms with van der Waals surface area (Å²) in [6, 6.07) is 10.3. The Morgan fingerprint density at radius 1 is 1.20 bits per heavy atom. The Labute approximate surface area is 146 Å². The molecule has 0 saturated heterocycles. The van der Waals surface area contributed by atoms with Crippen LogP contribution in [0.2, 0.25) is 0 Å². The van der Waals surface area contributed by atoms with Crippen LogP contribution in [0.5, 0.6) is 5.75 Å². The van der Waals surface area contributed by atoms with Crippen molar-refractivity contribution >= 4 is 17.9 Å². The van der Waals surface area contributed by atoms with Crippen molar-refractivity contribution in [1.82, 2.24) is 0 Å². The molecule has 0 aliphatic carbocycles. The highest BCUT2D eigenvalue weighted by molar-refractivity contribution is 7.99. The molecular formula is C17H14F3NO3S. The summed E-state index contributed by atoms with van der Waals surface area (Å²) in [7, 11) is 0. The van der Waals surface area contributed by atoms with E-state index in [0.29, 0.717) is 29.2 Å². The average Bonchev–Trinajstić information content (AvgIpc) is 2.54. The van der Waals surface area contributed by atoms with Crippen LogP contribution in [0.25, 0.3) is 0 Å². The van der Waals surface area contributed by atoms with E-state index >= 15 is 0 Å². The van der Waals surface area contributed by atoms with Gasteiger partial charge in [-0.25, -0.2) is 4.79 Å². The van der Waals surface area contributed by atoms with Gasteiger partial charge in [0.25, 0.3) is 0 Å². The van der Waals surface area contributed by atoms with Crippen LogP contribution in [-0.2, 0) is 10.9 Å². The van der Waals surface area contributed by atoms with Gasteiger partial charge in [-0.1, -0.05) is 23.9 Å². The topological polar surface area (TPSA) is 61.6 Å². The molecule has 1 aliphatic rings. The summed E-state index contributed by atoms with van der Waals surface area (Å²) < 4.78 is 49.0. The molecule has 0 fully saturated rings. The number of ether oxygens (including phenoxy) is 2. The number of halogens is 3. The second-order valence-electron chi connectivity index (χ2n) is 5.39. The molecule has 2 N–H and O–H groups in total. The fourth-order valence-corrected chi connectivity index (χ4v) is 3.44. The smallest absolute Gasteiger partial charge is 0.416 e. The lowest BCUT2D eigenvalue weighted by molar-refractivity contribution is -0.137. The highest BCUT2D eigenvalue weighted by Gasteiger charge is 2.30. The Bertz CT molecular complexity index is 795. The lowest BCUT2D eigenvalue weighted by Gasteiger charge is -2.25. The second kappa shape index (κ2) is 6.87.